The monoisotopic (exact) mass is 202 g/mol. The van der Waals surface area contributed by atoms with E-state index < -0.39 is 13.9 Å². The number of phosphoric ester groups is 1. The van der Waals surface area contributed by atoms with Crippen LogP contribution in [0.2, 0.25) is 0 Å². The van der Waals surface area contributed by atoms with E-state index in [-0.39, 0.29) is 13.2 Å². The van der Waals surface area contributed by atoms with Crippen molar-refractivity contribution in [1.82, 2.24) is 0 Å². The molecule has 1 saturated heterocycles. The summed E-state index contributed by atoms with van der Waals surface area (Å²) in [6.07, 6.45) is -0.396. The van der Waals surface area contributed by atoms with Crippen LogP contribution in [-0.2, 0) is 17.5 Å². The molecule has 0 aromatic rings. The van der Waals surface area contributed by atoms with Gasteiger partial charge in [-0.2, -0.15) is 0 Å². The molecule has 0 aromatic carbocycles. The lowest BCUT2D eigenvalue weighted by molar-refractivity contribution is 0.119. The quantitative estimate of drug-likeness (QED) is 0.494. The second-order valence-electron chi connectivity index (χ2n) is 1.86. The summed E-state index contributed by atoms with van der Waals surface area (Å²) >= 11 is 0.800. The van der Waals surface area contributed by atoms with E-state index in [1.54, 1.807) is 0 Å². The maximum absolute atomic E-state index is 10.2. The zero-order chi connectivity index (χ0) is 8.32. The predicted octanol–water partition coefficient (Wildman–Crippen LogP) is 0.0743. The van der Waals surface area contributed by atoms with Gasteiger partial charge in [0.05, 0.1) is 13.2 Å². The first-order valence-corrected chi connectivity index (χ1v) is 4.92. The average Bonchev–Trinajstić information content (AvgIpc) is 2.32. The van der Waals surface area contributed by atoms with Crippen LogP contribution in [-0.4, -0.2) is 29.1 Å². The molecule has 2 N–H and O–H groups in total. The highest BCUT2D eigenvalue weighted by atomic mass is 32.2. The van der Waals surface area contributed by atoms with E-state index in [4.69, 9.17) is 14.0 Å². The van der Waals surface area contributed by atoms with Crippen molar-refractivity contribution in [2.75, 3.05) is 13.2 Å². The van der Waals surface area contributed by atoms with Gasteiger partial charge < -0.3 is 9.79 Å². The van der Waals surface area contributed by atoms with Crippen LogP contribution in [0, 0.1) is 0 Å². The Balaban J connectivity index is 2.16. The third-order valence-electron chi connectivity index (χ3n) is 0.906. The van der Waals surface area contributed by atoms with Gasteiger partial charge >= 0.3 is 7.82 Å². The number of hydrogen-bond donors (Lipinski definition) is 2. The molecule has 66 valence electrons. The fourth-order valence-corrected chi connectivity index (χ4v) is 1.32. The molecule has 1 unspecified atom stereocenters. The molecular weight excluding hydrogens is 195 g/mol. The lowest BCUT2D eigenvalue weighted by atomic mass is 10.4. The lowest BCUT2D eigenvalue weighted by Crippen LogP contribution is -2.15. The van der Waals surface area contributed by atoms with Crippen molar-refractivity contribution in [2.24, 2.45) is 0 Å². The molecule has 0 aromatic heterocycles. The van der Waals surface area contributed by atoms with E-state index in [9.17, 15) is 4.57 Å². The smallest absolute Gasteiger partial charge is 0.303 e. The highest BCUT2D eigenvalue weighted by Gasteiger charge is 2.23. The van der Waals surface area contributed by atoms with Crippen LogP contribution in [0.4, 0.5) is 0 Å². The molecule has 11 heavy (non-hydrogen) atoms. The van der Waals surface area contributed by atoms with Gasteiger partial charge in [-0.3, -0.25) is 12.9 Å². The van der Waals surface area contributed by atoms with Gasteiger partial charge in [0.1, 0.15) is 6.10 Å². The van der Waals surface area contributed by atoms with Crippen molar-refractivity contribution in [1.29, 1.82) is 0 Å². The Morgan fingerprint density at radius 3 is 2.91 bits per heavy atom. The molecule has 1 heterocycles. The summed E-state index contributed by atoms with van der Waals surface area (Å²) in [5.74, 6) is 0. The maximum Gasteiger partial charge on any atom is 0.469 e. The SMILES string of the molecule is O=P(O)(O)OCC1COSO1. The van der Waals surface area contributed by atoms with Crippen LogP contribution in [0.5, 0.6) is 0 Å². The summed E-state index contributed by atoms with van der Waals surface area (Å²) in [5, 5.41) is 0. The molecule has 1 fully saturated rings. The standard InChI is InChI=1S/C3H7O6PS/c4-10(5,6)7-1-3-2-8-11-9-3/h3H,1-2H2,(H2,4,5,6). The van der Waals surface area contributed by atoms with Crippen molar-refractivity contribution in [2.45, 2.75) is 6.10 Å². The zero-order valence-electron chi connectivity index (χ0n) is 5.37. The largest absolute Gasteiger partial charge is 0.469 e. The summed E-state index contributed by atoms with van der Waals surface area (Å²) in [7, 11) is -4.36. The fourth-order valence-electron chi connectivity index (χ4n) is 0.471. The predicted molar refractivity (Wildman–Crippen MR) is 36.4 cm³/mol. The van der Waals surface area contributed by atoms with Gasteiger partial charge in [-0.05, 0) is 0 Å². The zero-order valence-corrected chi connectivity index (χ0v) is 7.09. The summed E-state index contributed by atoms with van der Waals surface area (Å²) in [6, 6.07) is 0. The van der Waals surface area contributed by atoms with E-state index >= 15 is 0 Å². The molecule has 1 aliphatic heterocycles. The fraction of sp³-hybridized carbons (Fsp3) is 1.00. The third-order valence-corrected chi connectivity index (χ3v) is 1.97. The van der Waals surface area contributed by atoms with Crippen molar-refractivity contribution < 1.29 is 27.2 Å². The molecule has 8 heteroatoms. The summed E-state index contributed by atoms with van der Waals surface area (Å²) in [6.45, 7) is 0.127. The third kappa shape index (κ3) is 4.07. The minimum absolute atomic E-state index is 0.155. The van der Waals surface area contributed by atoms with Crippen LogP contribution < -0.4 is 0 Å². The van der Waals surface area contributed by atoms with Gasteiger partial charge in [0.15, 0.2) is 12.3 Å². The molecule has 0 saturated carbocycles. The van der Waals surface area contributed by atoms with E-state index in [2.05, 4.69) is 8.71 Å². The van der Waals surface area contributed by atoms with Crippen molar-refractivity contribution >= 4 is 20.1 Å². The van der Waals surface area contributed by atoms with E-state index in [0.29, 0.717) is 0 Å². The Morgan fingerprint density at radius 2 is 2.45 bits per heavy atom. The molecule has 0 radical (unpaired) electrons. The Kier molecular flexibility index (Phi) is 3.32. The number of rotatable bonds is 3. The topological polar surface area (TPSA) is 85.2 Å². The molecule has 0 bridgehead atoms. The van der Waals surface area contributed by atoms with E-state index in [0.717, 1.165) is 12.3 Å². The van der Waals surface area contributed by atoms with Crippen LogP contribution in [0.15, 0.2) is 0 Å². The summed E-state index contributed by atoms with van der Waals surface area (Å²) in [5.41, 5.74) is 0. The molecule has 6 nitrogen and oxygen atoms in total. The first kappa shape index (κ1) is 9.47. The van der Waals surface area contributed by atoms with Gasteiger partial charge in [0, 0.05) is 0 Å². The summed E-state index contributed by atoms with van der Waals surface area (Å²) in [4.78, 5) is 16.5. The Hall–Kier alpha value is 0.380. The Labute approximate surface area is 67.5 Å². The molecule has 0 spiro atoms. The number of phosphoric acid groups is 1. The van der Waals surface area contributed by atoms with Crippen LogP contribution in [0.1, 0.15) is 0 Å². The number of hydrogen-bond acceptors (Lipinski definition) is 5. The van der Waals surface area contributed by atoms with Crippen molar-refractivity contribution in [3.63, 3.8) is 0 Å². The molecule has 0 aliphatic carbocycles. The highest BCUT2D eigenvalue weighted by molar-refractivity contribution is 7.90. The van der Waals surface area contributed by atoms with Crippen molar-refractivity contribution in [3.05, 3.63) is 0 Å². The lowest BCUT2D eigenvalue weighted by Gasteiger charge is -2.07. The van der Waals surface area contributed by atoms with E-state index in [1.165, 1.54) is 0 Å². The minimum Gasteiger partial charge on any atom is -0.303 e. The normalized spacial score (nSPS) is 25.8. The summed E-state index contributed by atoms with van der Waals surface area (Å²) < 4.78 is 23.8. The first-order chi connectivity index (χ1) is 5.08. The molecule has 1 rings (SSSR count). The maximum atomic E-state index is 10.2. The molecule has 1 aliphatic rings. The van der Waals surface area contributed by atoms with Gasteiger partial charge in [0.25, 0.3) is 0 Å². The van der Waals surface area contributed by atoms with Crippen LogP contribution in [0.25, 0.3) is 0 Å². The molecule has 0 amide bonds. The van der Waals surface area contributed by atoms with Gasteiger partial charge in [-0.15, -0.1) is 0 Å². The minimum atomic E-state index is -4.36. The average molecular weight is 202 g/mol. The van der Waals surface area contributed by atoms with Crippen LogP contribution >= 0.6 is 20.1 Å². The van der Waals surface area contributed by atoms with Crippen LogP contribution in [0.3, 0.4) is 0 Å². The van der Waals surface area contributed by atoms with Gasteiger partial charge in [-0.1, -0.05) is 0 Å². The van der Waals surface area contributed by atoms with Gasteiger partial charge in [-0.25, -0.2) is 4.57 Å². The Morgan fingerprint density at radius 1 is 1.73 bits per heavy atom. The van der Waals surface area contributed by atoms with E-state index in [1.807, 2.05) is 0 Å². The molecular formula is C3H7O6PS. The Bertz CT molecular complexity index is 161. The van der Waals surface area contributed by atoms with Crippen molar-refractivity contribution in [3.8, 4) is 0 Å². The van der Waals surface area contributed by atoms with Gasteiger partial charge in [0.2, 0.25) is 0 Å². The first-order valence-electron chi connectivity index (χ1n) is 2.73. The molecule has 1 atom stereocenters. The highest BCUT2D eigenvalue weighted by Crippen LogP contribution is 2.36. The second-order valence-corrected chi connectivity index (χ2v) is 3.66. The second kappa shape index (κ2) is 3.86.